The molecule has 2 aromatic carbocycles. The zero-order valence-electron chi connectivity index (χ0n) is 13.7. The zero-order valence-corrected chi connectivity index (χ0v) is 13.7. The molecule has 1 fully saturated rings. The molecule has 0 spiro atoms. The highest BCUT2D eigenvalue weighted by Gasteiger charge is 2.45. The molecule has 1 atom stereocenters. The second-order valence-electron chi connectivity index (χ2n) is 6.22. The van der Waals surface area contributed by atoms with E-state index in [9.17, 15) is 5.11 Å². The fraction of sp³-hybridized carbons (Fsp3) is 0.350. The normalized spacial score (nSPS) is 16.0. The number of methoxy groups -OCH3 is 1. The van der Waals surface area contributed by atoms with Gasteiger partial charge in [0.2, 0.25) is 0 Å². The van der Waals surface area contributed by atoms with Crippen LogP contribution in [-0.2, 0) is 5.41 Å². The quantitative estimate of drug-likeness (QED) is 0.843. The third-order valence-corrected chi connectivity index (χ3v) is 4.60. The second-order valence-corrected chi connectivity index (χ2v) is 6.22. The fourth-order valence-electron chi connectivity index (χ4n) is 2.89. The molecule has 24 heavy (non-hydrogen) atoms. The van der Waals surface area contributed by atoms with E-state index in [-0.39, 0.29) is 11.8 Å². The van der Waals surface area contributed by atoms with Gasteiger partial charge in [0, 0.05) is 5.41 Å². The van der Waals surface area contributed by atoms with Gasteiger partial charge < -0.3 is 14.6 Å². The Morgan fingerprint density at radius 2 is 1.92 bits per heavy atom. The van der Waals surface area contributed by atoms with Crippen LogP contribution in [-0.4, -0.2) is 18.8 Å². The molecule has 0 heterocycles. The lowest BCUT2D eigenvalue weighted by atomic mass is 9.97. The third kappa shape index (κ3) is 3.37. The minimum atomic E-state index is -0.813. The van der Waals surface area contributed by atoms with Crippen LogP contribution in [0, 0.1) is 11.3 Å². The van der Waals surface area contributed by atoms with Crippen LogP contribution in [0.4, 0.5) is 0 Å². The summed E-state index contributed by atoms with van der Waals surface area (Å²) < 4.78 is 11.4. The van der Waals surface area contributed by atoms with Crippen molar-refractivity contribution in [1.82, 2.24) is 0 Å². The number of nitriles is 1. The van der Waals surface area contributed by atoms with Crippen LogP contribution in [0.2, 0.25) is 0 Å². The summed E-state index contributed by atoms with van der Waals surface area (Å²) in [6.07, 6.45) is 1.46. The van der Waals surface area contributed by atoms with E-state index < -0.39 is 6.10 Å². The van der Waals surface area contributed by atoms with Gasteiger partial charge in [-0.2, -0.15) is 5.26 Å². The maximum atomic E-state index is 10.0. The number of rotatable bonds is 7. The van der Waals surface area contributed by atoms with E-state index in [0.29, 0.717) is 23.7 Å². The summed E-state index contributed by atoms with van der Waals surface area (Å²) in [4.78, 5) is 0. The molecular formula is C20H21NO3. The Labute approximate surface area is 142 Å². The summed E-state index contributed by atoms with van der Waals surface area (Å²) in [5.74, 6) is 1.24. The maximum Gasteiger partial charge on any atom is 0.161 e. The van der Waals surface area contributed by atoms with Gasteiger partial charge in [0.05, 0.1) is 32.3 Å². The summed E-state index contributed by atoms with van der Waals surface area (Å²) in [6.45, 7) is 0.575. The van der Waals surface area contributed by atoms with Crippen molar-refractivity contribution < 1.29 is 14.6 Å². The number of ether oxygens (including phenoxy) is 2. The van der Waals surface area contributed by atoms with E-state index in [2.05, 4.69) is 24.3 Å². The van der Waals surface area contributed by atoms with Gasteiger partial charge in [-0.05, 0) is 36.1 Å². The first-order chi connectivity index (χ1) is 11.7. The summed E-state index contributed by atoms with van der Waals surface area (Å²) in [6, 6.07) is 17.7. The minimum absolute atomic E-state index is 0.0553. The smallest absolute Gasteiger partial charge is 0.161 e. The van der Waals surface area contributed by atoms with Crippen molar-refractivity contribution in [3.05, 3.63) is 59.7 Å². The van der Waals surface area contributed by atoms with E-state index in [0.717, 1.165) is 12.8 Å². The molecular weight excluding hydrogens is 302 g/mol. The molecule has 3 rings (SSSR count). The first-order valence-corrected chi connectivity index (χ1v) is 8.10. The number of hydrogen-bond acceptors (Lipinski definition) is 4. The largest absolute Gasteiger partial charge is 0.493 e. The standard InChI is InChI=1S/C20H21NO3/c1-23-18-8-7-15(17(22)9-12-21)13-19(18)24-14-20(10-11-20)16-5-3-2-4-6-16/h2-8,13,17,22H,9-11,14H2,1H3. The van der Waals surface area contributed by atoms with E-state index in [1.54, 1.807) is 25.3 Å². The van der Waals surface area contributed by atoms with E-state index in [1.165, 1.54) is 5.56 Å². The van der Waals surface area contributed by atoms with Gasteiger partial charge in [-0.1, -0.05) is 36.4 Å². The number of hydrogen-bond donors (Lipinski definition) is 1. The predicted octanol–water partition coefficient (Wildman–Crippen LogP) is 3.75. The Morgan fingerprint density at radius 3 is 2.54 bits per heavy atom. The monoisotopic (exact) mass is 323 g/mol. The average Bonchev–Trinajstić information content (AvgIpc) is 3.42. The molecule has 4 heteroatoms. The van der Waals surface area contributed by atoms with Gasteiger partial charge >= 0.3 is 0 Å². The Balaban J connectivity index is 1.77. The van der Waals surface area contributed by atoms with Gasteiger partial charge in [0.1, 0.15) is 0 Å². The Hall–Kier alpha value is -2.51. The van der Waals surface area contributed by atoms with Gasteiger partial charge in [-0.15, -0.1) is 0 Å². The van der Waals surface area contributed by atoms with Crippen LogP contribution in [0.15, 0.2) is 48.5 Å². The van der Waals surface area contributed by atoms with Crippen molar-refractivity contribution in [2.75, 3.05) is 13.7 Å². The molecule has 0 amide bonds. The summed E-state index contributed by atoms with van der Waals surface area (Å²) in [5, 5.41) is 18.8. The van der Waals surface area contributed by atoms with Crippen molar-refractivity contribution in [3.8, 4) is 17.6 Å². The summed E-state index contributed by atoms with van der Waals surface area (Å²) in [7, 11) is 1.59. The second kappa shape index (κ2) is 6.94. The van der Waals surface area contributed by atoms with Crippen LogP contribution >= 0.6 is 0 Å². The van der Waals surface area contributed by atoms with Crippen molar-refractivity contribution in [1.29, 1.82) is 5.26 Å². The van der Waals surface area contributed by atoms with Gasteiger partial charge in [0.25, 0.3) is 0 Å². The van der Waals surface area contributed by atoms with Crippen molar-refractivity contribution >= 4 is 0 Å². The minimum Gasteiger partial charge on any atom is -0.493 e. The Bertz CT molecular complexity index is 732. The summed E-state index contributed by atoms with van der Waals surface area (Å²) in [5.41, 5.74) is 2.04. The Kier molecular flexibility index (Phi) is 4.73. The lowest BCUT2D eigenvalue weighted by molar-refractivity contribution is 0.182. The predicted molar refractivity (Wildman–Crippen MR) is 91.0 cm³/mol. The van der Waals surface area contributed by atoms with E-state index in [1.807, 2.05) is 12.1 Å². The molecule has 4 nitrogen and oxygen atoms in total. The van der Waals surface area contributed by atoms with Crippen LogP contribution in [0.5, 0.6) is 11.5 Å². The number of aliphatic hydroxyl groups is 1. The molecule has 0 aromatic heterocycles. The van der Waals surface area contributed by atoms with Crippen molar-refractivity contribution in [3.63, 3.8) is 0 Å². The van der Waals surface area contributed by atoms with E-state index >= 15 is 0 Å². The van der Waals surface area contributed by atoms with Crippen molar-refractivity contribution in [2.45, 2.75) is 30.8 Å². The molecule has 124 valence electrons. The number of aliphatic hydroxyl groups excluding tert-OH is 1. The molecule has 1 saturated carbocycles. The first-order valence-electron chi connectivity index (χ1n) is 8.10. The first kappa shape index (κ1) is 16.4. The molecule has 2 aromatic rings. The molecule has 1 aliphatic rings. The van der Waals surface area contributed by atoms with Crippen molar-refractivity contribution in [2.24, 2.45) is 0 Å². The molecule has 0 aliphatic heterocycles. The molecule has 1 aliphatic carbocycles. The third-order valence-electron chi connectivity index (χ3n) is 4.60. The number of nitrogens with zero attached hydrogens (tertiary/aromatic N) is 1. The fourth-order valence-corrected chi connectivity index (χ4v) is 2.89. The topological polar surface area (TPSA) is 62.5 Å². The number of benzene rings is 2. The van der Waals surface area contributed by atoms with Crippen LogP contribution in [0.1, 0.15) is 36.5 Å². The maximum absolute atomic E-state index is 10.0. The highest BCUT2D eigenvalue weighted by atomic mass is 16.5. The average molecular weight is 323 g/mol. The Morgan fingerprint density at radius 1 is 1.17 bits per heavy atom. The highest BCUT2D eigenvalue weighted by molar-refractivity contribution is 5.44. The summed E-state index contributed by atoms with van der Waals surface area (Å²) >= 11 is 0. The SMILES string of the molecule is COc1ccc(C(O)CC#N)cc1OCC1(c2ccccc2)CC1. The highest BCUT2D eigenvalue weighted by Crippen LogP contribution is 2.48. The molecule has 0 radical (unpaired) electrons. The molecule has 0 bridgehead atoms. The lowest BCUT2D eigenvalue weighted by Gasteiger charge is -2.19. The van der Waals surface area contributed by atoms with Crippen LogP contribution in [0.25, 0.3) is 0 Å². The van der Waals surface area contributed by atoms with E-state index in [4.69, 9.17) is 14.7 Å². The lowest BCUT2D eigenvalue weighted by Crippen LogP contribution is -2.18. The molecule has 0 saturated heterocycles. The van der Waals surface area contributed by atoms with Crippen LogP contribution in [0.3, 0.4) is 0 Å². The zero-order chi connectivity index (χ0) is 17.0. The molecule has 1 unspecified atom stereocenters. The van der Waals surface area contributed by atoms with Crippen LogP contribution < -0.4 is 9.47 Å². The molecule has 1 N–H and O–H groups in total. The van der Waals surface area contributed by atoms with Gasteiger partial charge in [-0.25, -0.2) is 0 Å². The van der Waals surface area contributed by atoms with Gasteiger partial charge in [-0.3, -0.25) is 0 Å². The van der Waals surface area contributed by atoms with Gasteiger partial charge in [0.15, 0.2) is 11.5 Å².